The van der Waals surface area contributed by atoms with Crippen molar-refractivity contribution in [3.8, 4) is 40.4 Å². The zero-order chi connectivity index (χ0) is 38.2. The van der Waals surface area contributed by atoms with Crippen molar-refractivity contribution in [2.24, 2.45) is 5.92 Å². The number of carbonyl (C=O) groups is 1. The number of rotatable bonds is 11. The SMILES string of the molecule is COc1nc(O[C@H]2CCc3c(-c4cccc(-c5nc6c(=N)n(CCN7CCC(C(=O)O)CC7)cc(C#N)c6o5)c4C)cccc32)ccc1CN1CC[C@@H](O)C1. The first-order valence-electron chi connectivity index (χ1n) is 19.0. The Kier molecular flexibility index (Phi) is 10.1. The van der Waals surface area contributed by atoms with Gasteiger partial charge in [-0.1, -0.05) is 30.3 Å². The van der Waals surface area contributed by atoms with Gasteiger partial charge in [-0.25, -0.2) is 4.98 Å². The summed E-state index contributed by atoms with van der Waals surface area (Å²) in [6, 6.07) is 18.5. The molecule has 13 nitrogen and oxygen atoms in total. The van der Waals surface area contributed by atoms with Crippen LogP contribution in [0.2, 0.25) is 0 Å². The van der Waals surface area contributed by atoms with Gasteiger partial charge in [0.2, 0.25) is 17.7 Å². The summed E-state index contributed by atoms with van der Waals surface area (Å²) in [6.07, 6.45) is 4.82. The number of nitrogens with one attached hydrogen (secondary N) is 1. The summed E-state index contributed by atoms with van der Waals surface area (Å²) in [4.78, 5) is 25.3. The zero-order valence-corrected chi connectivity index (χ0v) is 31.1. The van der Waals surface area contributed by atoms with E-state index in [4.69, 9.17) is 29.3 Å². The molecule has 5 heterocycles. The number of nitrogens with zero attached hydrogens (tertiary/aromatic N) is 6. The molecule has 55 heavy (non-hydrogen) atoms. The molecule has 0 bridgehead atoms. The van der Waals surface area contributed by atoms with Crippen LogP contribution in [-0.4, -0.2) is 86.5 Å². The molecule has 0 spiro atoms. The third-order valence-electron chi connectivity index (χ3n) is 11.5. The zero-order valence-electron chi connectivity index (χ0n) is 31.1. The van der Waals surface area contributed by atoms with E-state index in [1.54, 1.807) is 17.9 Å². The van der Waals surface area contributed by atoms with Crippen LogP contribution in [0, 0.1) is 29.6 Å². The smallest absolute Gasteiger partial charge is 0.306 e. The van der Waals surface area contributed by atoms with Crippen LogP contribution in [0.15, 0.2) is 59.1 Å². The van der Waals surface area contributed by atoms with E-state index in [1.165, 1.54) is 5.56 Å². The molecule has 284 valence electrons. The number of aliphatic carboxylic acids is 1. The number of fused-ring (bicyclic) bond motifs is 2. The van der Waals surface area contributed by atoms with E-state index >= 15 is 0 Å². The number of hydrogen-bond donors (Lipinski definition) is 3. The molecule has 0 amide bonds. The van der Waals surface area contributed by atoms with Crippen molar-refractivity contribution in [2.75, 3.05) is 39.8 Å². The Labute approximate surface area is 318 Å². The third kappa shape index (κ3) is 7.21. The molecular formula is C42H45N7O6. The largest absolute Gasteiger partial charge is 0.481 e. The number of aliphatic hydroxyl groups is 1. The molecule has 1 aliphatic carbocycles. The number of oxazole rings is 1. The molecule has 2 aromatic carbocycles. The molecular weight excluding hydrogens is 699 g/mol. The molecule has 0 unspecified atom stereocenters. The van der Waals surface area contributed by atoms with Gasteiger partial charge in [0.25, 0.3) is 0 Å². The Morgan fingerprint density at radius 1 is 1.00 bits per heavy atom. The number of ether oxygens (including phenoxy) is 2. The third-order valence-corrected chi connectivity index (χ3v) is 11.5. The highest BCUT2D eigenvalue weighted by Gasteiger charge is 2.29. The first kappa shape index (κ1) is 36.4. The van der Waals surface area contributed by atoms with Gasteiger partial charge in [-0.15, -0.1) is 0 Å². The lowest BCUT2D eigenvalue weighted by atomic mass is 9.91. The minimum Gasteiger partial charge on any atom is -0.481 e. The van der Waals surface area contributed by atoms with Crippen LogP contribution >= 0.6 is 0 Å². The van der Waals surface area contributed by atoms with E-state index in [1.807, 2.05) is 31.2 Å². The number of carboxylic acids is 1. The number of pyridine rings is 2. The Morgan fingerprint density at radius 3 is 2.51 bits per heavy atom. The van der Waals surface area contributed by atoms with Gasteiger partial charge in [0.05, 0.1) is 19.1 Å². The number of benzene rings is 2. The summed E-state index contributed by atoms with van der Waals surface area (Å²) in [6.45, 7) is 6.68. The van der Waals surface area contributed by atoms with Crippen LogP contribution in [0.5, 0.6) is 11.8 Å². The fourth-order valence-corrected chi connectivity index (χ4v) is 8.41. The van der Waals surface area contributed by atoms with Gasteiger partial charge >= 0.3 is 5.97 Å². The van der Waals surface area contributed by atoms with Crippen LogP contribution in [-0.2, 0) is 24.3 Å². The van der Waals surface area contributed by atoms with Crippen molar-refractivity contribution in [1.82, 2.24) is 24.3 Å². The van der Waals surface area contributed by atoms with Crippen LogP contribution in [0.3, 0.4) is 0 Å². The number of likely N-dealkylation sites (tertiary alicyclic amines) is 2. The summed E-state index contributed by atoms with van der Waals surface area (Å²) in [7, 11) is 1.62. The predicted octanol–water partition coefficient (Wildman–Crippen LogP) is 5.46. The second-order valence-electron chi connectivity index (χ2n) is 14.8. The molecule has 8 rings (SSSR count). The molecule has 13 heteroatoms. The molecule has 2 fully saturated rings. The highest BCUT2D eigenvalue weighted by molar-refractivity contribution is 5.83. The molecule has 3 aliphatic rings. The maximum Gasteiger partial charge on any atom is 0.306 e. The van der Waals surface area contributed by atoms with Gasteiger partial charge in [-0.05, 0) is 92.1 Å². The molecule has 3 N–H and O–H groups in total. The van der Waals surface area contributed by atoms with Crippen LogP contribution in [0.4, 0.5) is 0 Å². The van der Waals surface area contributed by atoms with Crippen molar-refractivity contribution < 1.29 is 28.9 Å². The van der Waals surface area contributed by atoms with Gasteiger partial charge in [0.15, 0.2) is 16.6 Å². The number of hydrogen-bond acceptors (Lipinski definition) is 11. The second kappa shape index (κ2) is 15.3. The number of piperidine rings is 1. The standard InChI is InChI=1S/C42H45N7O6/c1-25-30(32-7-4-8-34-33(32)10-11-35(34)54-36-12-9-27(40(45-36)53-2)22-48-18-15-29(50)24-48)5-3-6-31(25)41-46-37-38(55-41)28(21-43)23-49(39(37)44)20-19-47-16-13-26(14-17-47)42(51)52/h3-9,12,23,26,29,35,44,50H,10-11,13-20,22,24H2,1-2H3,(H,51,52)/t29-,35+/m1/s1. The first-order valence-corrected chi connectivity index (χ1v) is 19.0. The van der Waals surface area contributed by atoms with E-state index < -0.39 is 5.97 Å². The minimum absolute atomic E-state index is 0.165. The van der Waals surface area contributed by atoms with Crippen molar-refractivity contribution in [3.05, 3.63) is 88.0 Å². The highest BCUT2D eigenvalue weighted by atomic mass is 16.5. The minimum atomic E-state index is -0.741. The Morgan fingerprint density at radius 2 is 1.76 bits per heavy atom. The van der Waals surface area contributed by atoms with Crippen LogP contribution in [0.25, 0.3) is 33.7 Å². The maximum atomic E-state index is 11.4. The topological polar surface area (TPSA) is 174 Å². The van der Waals surface area contributed by atoms with E-state index in [0.29, 0.717) is 86.4 Å². The Bertz CT molecular complexity index is 2360. The monoisotopic (exact) mass is 743 g/mol. The Balaban J connectivity index is 1.03. The van der Waals surface area contributed by atoms with Gasteiger partial charge < -0.3 is 33.6 Å². The number of aliphatic hydroxyl groups excluding tert-OH is 1. The number of carboxylic acid groups (broad SMARTS) is 1. The maximum absolute atomic E-state index is 11.4. The molecule has 2 saturated heterocycles. The molecule has 0 radical (unpaired) electrons. The van der Waals surface area contributed by atoms with Crippen molar-refractivity contribution in [2.45, 2.75) is 64.3 Å². The Hall–Kier alpha value is -5.55. The average Bonchev–Trinajstić information content (AvgIpc) is 3.94. The second-order valence-corrected chi connectivity index (χ2v) is 14.8. The van der Waals surface area contributed by atoms with Gasteiger partial charge in [0.1, 0.15) is 17.7 Å². The molecule has 5 aromatic rings. The van der Waals surface area contributed by atoms with E-state index in [9.17, 15) is 20.3 Å². The highest BCUT2D eigenvalue weighted by Crippen LogP contribution is 2.42. The summed E-state index contributed by atoms with van der Waals surface area (Å²) < 4.78 is 20.1. The lowest BCUT2D eigenvalue weighted by Crippen LogP contribution is -2.39. The fourth-order valence-electron chi connectivity index (χ4n) is 8.41. The van der Waals surface area contributed by atoms with Gasteiger partial charge in [-0.2, -0.15) is 10.2 Å². The summed E-state index contributed by atoms with van der Waals surface area (Å²) >= 11 is 0. The fraction of sp³-hybridized carbons (Fsp3) is 0.405. The number of β-amino-alcohol motifs (C(OH)–C–C–N with tert-alkyl or cyclic N) is 1. The van der Waals surface area contributed by atoms with E-state index in [0.717, 1.165) is 59.2 Å². The number of aromatic nitrogens is 3. The van der Waals surface area contributed by atoms with Crippen LogP contribution < -0.4 is 15.0 Å². The molecule has 0 saturated carbocycles. The molecule has 3 aromatic heterocycles. The lowest BCUT2D eigenvalue weighted by molar-refractivity contribution is -0.143. The normalized spacial score (nSPS) is 19.1. The average molecular weight is 744 g/mol. The molecule has 2 atom stereocenters. The van der Waals surface area contributed by atoms with E-state index in [2.05, 4.69) is 40.1 Å². The van der Waals surface area contributed by atoms with E-state index in [-0.39, 0.29) is 23.6 Å². The number of methoxy groups -OCH3 is 1. The first-order chi connectivity index (χ1) is 26.7. The van der Waals surface area contributed by atoms with Gasteiger partial charge in [0, 0.05) is 56.1 Å². The van der Waals surface area contributed by atoms with Crippen LogP contribution in [0.1, 0.15) is 59.6 Å². The summed E-state index contributed by atoms with van der Waals surface area (Å²) in [5.41, 5.74) is 8.30. The summed E-state index contributed by atoms with van der Waals surface area (Å²) in [5, 5.41) is 38.3. The number of nitriles is 1. The van der Waals surface area contributed by atoms with Crippen molar-refractivity contribution in [1.29, 1.82) is 10.7 Å². The van der Waals surface area contributed by atoms with Crippen molar-refractivity contribution >= 4 is 17.1 Å². The predicted molar refractivity (Wildman–Crippen MR) is 203 cm³/mol. The van der Waals surface area contributed by atoms with Crippen molar-refractivity contribution in [3.63, 3.8) is 0 Å². The van der Waals surface area contributed by atoms with Gasteiger partial charge in [-0.3, -0.25) is 15.1 Å². The quantitative estimate of drug-likeness (QED) is 0.157. The molecule has 2 aliphatic heterocycles. The lowest BCUT2D eigenvalue weighted by Gasteiger charge is -2.30. The summed E-state index contributed by atoms with van der Waals surface area (Å²) in [5.74, 6) is 0.342.